The first-order valence-corrected chi connectivity index (χ1v) is 7.77. The standard InChI is InChI=1S/C13H22N4S/c1-14-8-12-9-15-13(18-12)17-7-3-6-16-5-2-4-11(16)10-17/h9,11,14H,2-8,10H2,1H3. The molecule has 18 heavy (non-hydrogen) atoms. The Bertz CT molecular complexity index is 392. The molecule has 2 aliphatic rings. The van der Waals surface area contributed by atoms with Gasteiger partial charge < -0.3 is 10.2 Å². The molecular formula is C13H22N4S. The predicted octanol–water partition coefficient (Wildman–Crippen LogP) is 1.54. The summed E-state index contributed by atoms with van der Waals surface area (Å²) in [6, 6.07) is 0.768. The summed E-state index contributed by atoms with van der Waals surface area (Å²) in [5.41, 5.74) is 0. The van der Waals surface area contributed by atoms with Gasteiger partial charge in [0.2, 0.25) is 0 Å². The molecule has 1 aromatic heterocycles. The van der Waals surface area contributed by atoms with Crippen LogP contribution < -0.4 is 10.2 Å². The topological polar surface area (TPSA) is 31.4 Å². The van der Waals surface area contributed by atoms with E-state index in [-0.39, 0.29) is 0 Å². The minimum Gasteiger partial charge on any atom is -0.346 e. The minimum absolute atomic E-state index is 0.768. The third-order valence-corrected chi connectivity index (χ3v) is 5.02. The maximum Gasteiger partial charge on any atom is 0.185 e. The van der Waals surface area contributed by atoms with Crippen molar-refractivity contribution in [2.45, 2.75) is 31.8 Å². The second-order valence-electron chi connectivity index (χ2n) is 5.27. The summed E-state index contributed by atoms with van der Waals surface area (Å²) in [6.07, 6.45) is 6.04. The molecular weight excluding hydrogens is 244 g/mol. The molecule has 0 radical (unpaired) electrons. The van der Waals surface area contributed by atoms with Gasteiger partial charge in [-0.05, 0) is 32.9 Å². The molecule has 100 valence electrons. The molecule has 2 fully saturated rings. The highest BCUT2D eigenvalue weighted by Gasteiger charge is 2.29. The van der Waals surface area contributed by atoms with E-state index >= 15 is 0 Å². The zero-order chi connectivity index (χ0) is 12.4. The van der Waals surface area contributed by atoms with Crippen LogP contribution in [0, 0.1) is 0 Å². The number of fused-ring (bicyclic) bond motifs is 1. The maximum atomic E-state index is 4.60. The Morgan fingerprint density at radius 3 is 3.17 bits per heavy atom. The number of anilines is 1. The highest BCUT2D eigenvalue weighted by atomic mass is 32.1. The highest BCUT2D eigenvalue weighted by Crippen LogP contribution is 2.27. The Hall–Kier alpha value is -0.650. The van der Waals surface area contributed by atoms with Crippen LogP contribution >= 0.6 is 11.3 Å². The molecule has 0 saturated carbocycles. The van der Waals surface area contributed by atoms with Crippen molar-refractivity contribution < 1.29 is 0 Å². The van der Waals surface area contributed by atoms with Crippen LogP contribution in [0.1, 0.15) is 24.1 Å². The summed E-state index contributed by atoms with van der Waals surface area (Å²) in [7, 11) is 1.99. The fraction of sp³-hybridized carbons (Fsp3) is 0.769. The minimum atomic E-state index is 0.768. The van der Waals surface area contributed by atoms with Gasteiger partial charge in [0, 0.05) is 43.3 Å². The monoisotopic (exact) mass is 266 g/mol. The lowest BCUT2D eigenvalue weighted by Gasteiger charge is -2.25. The molecule has 1 aromatic rings. The molecule has 0 aliphatic carbocycles. The Balaban J connectivity index is 1.70. The number of aromatic nitrogens is 1. The summed E-state index contributed by atoms with van der Waals surface area (Å²) in [6.45, 7) is 5.85. The van der Waals surface area contributed by atoms with Crippen LogP contribution in [0.2, 0.25) is 0 Å². The molecule has 3 rings (SSSR count). The average molecular weight is 266 g/mol. The fourth-order valence-corrected chi connectivity index (χ4v) is 4.04. The first-order valence-electron chi connectivity index (χ1n) is 6.95. The molecule has 4 nitrogen and oxygen atoms in total. The van der Waals surface area contributed by atoms with Crippen molar-refractivity contribution in [3.63, 3.8) is 0 Å². The van der Waals surface area contributed by atoms with Crippen LogP contribution in [0.3, 0.4) is 0 Å². The number of thiazole rings is 1. The Kier molecular flexibility index (Phi) is 3.82. The lowest BCUT2D eigenvalue weighted by atomic mass is 10.2. The van der Waals surface area contributed by atoms with Crippen molar-refractivity contribution >= 4 is 16.5 Å². The number of hydrogen-bond acceptors (Lipinski definition) is 5. The third kappa shape index (κ3) is 2.53. The van der Waals surface area contributed by atoms with Crippen molar-refractivity contribution in [2.75, 3.05) is 38.1 Å². The van der Waals surface area contributed by atoms with Gasteiger partial charge in [-0.1, -0.05) is 0 Å². The third-order valence-electron chi connectivity index (χ3n) is 3.97. The molecule has 1 N–H and O–H groups in total. The van der Waals surface area contributed by atoms with E-state index in [1.165, 1.54) is 55.5 Å². The van der Waals surface area contributed by atoms with Crippen molar-refractivity contribution in [1.82, 2.24) is 15.2 Å². The van der Waals surface area contributed by atoms with E-state index in [0.717, 1.165) is 12.6 Å². The highest BCUT2D eigenvalue weighted by molar-refractivity contribution is 7.15. The van der Waals surface area contributed by atoms with E-state index in [1.54, 1.807) is 0 Å². The van der Waals surface area contributed by atoms with Crippen molar-refractivity contribution in [2.24, 2.45) is 0 Å². The molecule has 2 saturated heterocycles. The Morgan fingerprint density at radius 2 is 2.28 bits per heavy atom. The summed E-state index contributed by atoms with van der Waals surface area (Å²) >= 11 is 1.84. The van der Waals surface area contributed by atoms with Gasteiger partial charge in [0.05, 0.1) is 0 Å². The van der Waals surface area contributed by atoms with Crippen molar-refractivity contribution in [1.29, 1.82) is 0 Å². The van der Waals surface area contributed by atoms with Gasteiger partial charge in [0.1, 0.15) is 0 Å². The summed E-state index contributed by atoms with van der Waals surface area (Å²) in [4.78, 5) is 11.1. The van der Waals surface area contributed by atoms with Crippen LogP contribution in [-0.4, -0.2) is 49.2 Å². The van der Waals surface area contributed by atoms with Crippen LogP contribution in [0.5, 0.6) is 0 Å². The first kappa shape index (κ1) is 12.4. The number of rotatable bonds is 3. The molecule has 0 aromatic carbocycles. The first-order chi connectivity index (χ1) is 8.86. The summed E-state index contributed by atoms with van der Waals surface area (Å²) < 4.78 is 0. The lowest BCUT2D eigenvalue weighted by molar-refractivity contribution is 0.273. The lowest BCUT2D eigenvalue weighted by Crippen LogP contribution is -2.36. The zero-order valence-electron chi connectivity index (χ0n) is 11.1. The van der Waals surface area contributed by atoms with E-state index in [1.807, 2.05) is 24.6 Å². The van der Waals surface area contributed by atoms with E-state index in [9.17, 15) is 0 Å². The molecule has 0 amide bonds. The quantitative estimate of drug-likeness (QED) is 0.899. The van der Waals surface area contributed by atoms with Crippen LogP contribution in [0.25, 0.3) is 0 Å². The summed E-state index contributed by atoms with van der Waals surface area (Å²) in [5.74, 6) is 0. The Labute approximate surface area is 113 Å². The molecule has 1 unspecified atom stereocenters. The normalized spacial score (nSPS) is 25.2. The number of nitrogens with zero attached hydrogens (tertiary/aromatic N) is 3. The molecule has 0 spiro atoms. The van der Waals surface area contributed by atoms with Crippen molar-refractivity contribution in [3.8, 4) is 0 Å². The van der Waals surface area contributed by atoms with Gasteiger partial charge in [0.15, 0.2) is 5.13 Å². The molecule has 3 heterocycles. The summed E-state index contributed by atoms with van der Waals surface area (Å²) in [5, 5.41) is 4.41. The Morgan fingerprint density at radius 1 is 1.39 bits per heavy atom. The average Bonchev–Trinajstić information content (AvgIpc) is 2.95. The maximum absolute atomic E-state index is 4.60. The largest absolute Gasteiger partial charge is 0.346 e. The predicted molar refractivity (Wildman–Crippen MR) is 76.3 cm³/mol. The molecule has 0 bridgehead atoms. The van der Waals surface area contributed by atoms with Gasteiger partial charge in [-0.15, -0.1) is 11.3 Å². The van der Waals surface area contributed by atoms with E-state index in [4.69, 9.17) is 0 Å². The van der Waals surface area contributed by atoms with Crippen LogP contribution in [-0.2, 0) is 6.54 Å². The molecule has 5 heteroatoms. The second kappa shape index (κ2) is 5.55. The zero-order valence-corrected chi connectivity index (χ0v) is 11.9. The molecule has 2 aliphatic heterocycles. The SMILES string of the molecule is CNCc1cnc(N2CCCN3CCCC3C2)s1. The number of nitrogens with one attached hydrogen (secondary N) is 1. The van der Waals surface area contributed by atoms with Gasteiger partial charge >= 0.3 is 0 Å². The van der Waals surface area contributed by atoms with E-state index < -0.39 is 0 Å². The van der Waals surface area contributed by atoms with E-state index in [2.05, 4.69) is 20.1 Å². The number of hydrogen-bond donors (Lipinski definition) is 1. The second-order valence-corrected chi connectivity index (χ2v) is 6.36. The van der Waals surface area contributed by atoms with Crippen molar-refractivity contribution in [3.05, 3.63) is 11.1 Å². The fourth-order valence-electron chi connectivity index (χ4n) is 3.08. The molecule has 1 atom stereocenters. The van der Waals surface area contributed by atoms with Gasteiger partial charge in [-0.25, -0.2) is 4.98 Å². The van der Waals surface area contributed by atoms with Gasteiger partial charge in [-0.3, -0.25) is 4.90 Å². The smallest absolute Gasteiger partial charge is 0.185 e. The van der Waals surface area contributed by atoms with Gasteiger partial charge in [-0.2, -0.15) is 0 Å². The van der Waals surface area contributed by atoms with Gasteiger partial charge in [0.25, 0.3) is 0 Å². The van der Waals surface area contributed by atoms with Crippen LogP contribution in [0.4, 0.5) is 5.13 Å². The van der Waals surface area contributed by atoms with E-state index in [0.29, 0.717) is 0 Å². The van der Waals surface area contributed by atoms with Crippen LogP contribution in [0.15, 0.2) is 6.20 Å².